The number of ether oxygens (including phenoxy) is 1. The van der Waals surface area contributed by atoms with Gasteiger partial charge in [-0.25, -0.2) is 0 Å². The normalized spacial score (nSPS) is 16.9. The Morgan fingerprint density at radius 3 is 2.68 bits per heavy atom. The third-order valence-electron chi connectivity index (χ3n) is 4.10. The van der Waals surface area contributed by atoms with E-state index in [1.54, 1.807) is 0 Å². The lowest BCUT2D eigenvalue weighted by molar-refractivity contribution is 0.211. The highest BCUT2D eigenvalue weighted by atomic mass is 35.5. The maximum atomic E-state index is 6.18. The summed E-state index contributed by atoms with van der Waals surface area (Å²) >= 11 is 6.18. The van der Waals surface area contributed by atoms with Crippen LogP contribution in [0.25, 0.3) is 10.8 Å². The Morgan fingerprint density at radius 1 is 0.955 bits per heavy atom. The van der Waals surface area contributed by atoms with E-state index >= 15 is 0 Å². The summed E-state index contributed by atoms with van der Waals surface area (Å²) in [6.45, 7) is 0.784. The average molecular weight is 310 g/mol. The van der Waals surface area contributed by atoms with Crippen LogP contribution in [0.15, 0.2) is 60.7 Å². The van der Waals surface area contributed by atoms with Crippen molar-refractivity contribution < 1.29 is 4.74 Å². The van der Waals surface area contributed by atoms with Gasteiger partial charge in [-0.15, -0.1) is 0 Å². The lowest BCUT2D eigenvalue weighted by Gasteiger charge is -2.28. The molecule has 3 aromatic rings. The van der Waals surface area contributed by atoms with E-state index in [1.165, 1.54) is 22.0 Å². The minimum absolute atomic E-state index is 0.0913. The maximum absolute atomic E-state index is 6.18. The van der Waals surface area contributed by atoms with E-state index in [-0.39, 0.29) is 6.10 Å². The smallest absolute Gasteiger partial charge is 0.138 e. The Hall–Kier alpha value is -2.19. The fraction of sp³-hybridized carbons (Fsp3) is 0.158. The van der Waals surface area contributed by atoms with Crippen LogP contribution in [0.3, 0.4) is 0 Å². The molecule has 1 atom stereocenters. The molecule has 0 saturated heterocycles. The molecule has 1 aliphatic heterocycles. The van der Waals surface area contributed by atoms with Crippen molar-refractivity contribution in [1.29, 1.82) is 0 Å². The van der Waals surface area contributed by atoms with Crippen LogP contribution < -0.4 is 10.1 Å². The van der Waals surface area contributed by atoms with Gasteiger partial charge >= 0.3 is 0 Å². The molecule has 4 rings (SSSR count). The van der Waals surface area contributed by atoms with Gasteiger partial charge in [0.1, 0.15) is 11.9 Å². The van der Waals surface area contributed by atoms with Crippen molar-refractivity contribution in [3.8, 4) is 5.75 Å². The van der Waals surface area contributed by atoms with Crippen LogP contribution in [-0.4, -0.2) is 12.6 Å². The van der Waals surface area contributed by atoms with E-state index < -0.39 is 0 Å². The quantitative estimate of drug-likeness (QED) is 0.726. The first kappa shape index (κ1) is 13.5. The second-order valence-electron chi connectivity index (χ2n) is 5.58. The average Bonchev–Trinajstić information content (AvgIpc) is 2.57. The molecule has 1 heterocycles. The summed E-state index contributed by atoms with van der Waals surface area (Å²) in [6.07, 6.45) is 0.979. The molecule has 0 saturated carbocycles. The summed E-state index contributed by atoms with van der Waals surface area (Å²) in [7, 11) is 0. The van der Waals surface area contributed by atoms with Crippen molar-refractivity contribution in [3.63, 3.8) is 0 Å². The Kier molecular flexibility index (Phi) is 3.39. The van der Waals surface area contributed by atoms with Gasteiger partial charge < -0.3 is 10.1 Å². The second kappa shape index (κ2) is 5.54. The first-order valence-corrected chi connectivity index (χ1v) is 7.85. The minimum Gasteiger partial charge on any atom is -0.487 e. The molecule has 1 N–H and O–H groups in total. The van der Waals surface area contributed by atoms with Gasteiger partial charge in [-0.3, -0.25) is 0 Å². The molecule has 0 aromatic heterocycles. The molecular formula is C19H16ClNO. The fourth-order valence-electron chi connectivity index (χ4n) is 3.03. The van der Waals surface area contributed by atoms with Gasteiger partial charge in [0.25, 0.3) is 0 Å². The number of nitrogens with one attached hydrogen (secondary N) is 1. The zero-order valence-electron chi connectivity index (χ0n) is 12.1. The van der Waals surface area contributed by atoms with Gasteiger partial charge in [-0.1, -0.05) is 60.1 Å². The van der Waals surface area contributed by atoms with Crippen LogP contribution in [0.1, 0.15) is 5.56 Å². The number of halogens is 1. The summed E-state index contributed by atoms with van der Waals surface area (Å²) in [5, 5.41) is 6.72. The van der Waals surface area contributed by atoms with Crippen molar-refractivity contribution in [2.45, 2.75) is 12.5 Å². The molecule has 110 valence electrons. The Balaban J connectivity index is 1.62. The van der Waals surface area contributed by atoms with Crippen molar-refractivity contribution in [2.24, 2.45) is 0 Å². The topological polar surface area (TPSA) is 21.3 Å². The van der Waals surface area contributed by atoms with Crippen molar-refractivity contribution in [3.05, 3.63) is 71.2 Å². The van der Waals surface area contributed by atoms with E-state index in [9.17, 15) is 0 Å². The van der Waals surface area contributed by atoms with Crippen molar-refractivity contribution in [1.82, 2.24) is 0 Å². The molecular weight excluding hydrogens is 294 g/mol. The van der Waals surface area contributed by atoms with E-state index in [2.05, 4.69) is 41.7 Å². The molecule has 1 aliphatic rings. The maximum Gasteiger partial charge on any atom is 0.138 e. The molecule has 0 fully saturated rings. The molecule has 0 aliphatic carbocycles. The molecule has 1 unspecified atom stereocenters. The SMILES string of the molecule is Clc1ccccc1OC1CNc2c(ccc3ccccc23)C1. The molecule has 0 spiro atoms. The van der Waals surface area contributed by atoms with Gasteiger partial charge in [-0.05, 0) is 23.1 Å². The lowest BCUT2D eigenvalue weighted by Crippen LogP contribution is -2.33. The van der Waals surface area contributed by atoms with Gasteiger partial charge in [0, 0.05) is 17.5 Å². The number of hydrogen-bond donors (Lipinski definition) is 1. The van der Waals surface area contributed by atoms with Crippen LogP contribution in [-0.2, 0) is 6.42 Å². The van der Waals surface area contributed by atoms with Gasteiger partial charge in [0.15, 0.2) is 0 Å². The van der Waals surface area contributed by atoms with Crippen molar-refractivity contribution in [2.75, 3.05) is 11.9 Å². The van der Waals surface area contributed by atoms with Gasteiger partial charge in [0.2, 0.25) is 0 Å². The lowest BCUT2D eigenvalue weighted by atomic mass is 9.96. The second-order valence-corrected chi connectivity index (χ2v) is 5.98. The minimum atomic E-state index is 0.0913. The summed E-state index contributed by atoms with van der Waals surface area (Å²) in [4.78, 5) is 0. The van der Waals surface area contributed by atoms with E-state index in [4.69, 9.17) is 16.3 Å². The van der Waals surface area contributed by atoms with Crippen LogP contribution in [0.2, 0.25) is 5.02 Å². The number of hydrogen-bond acceptors (Lipinski definition) is 2. The molecule has 0 amide bonds. The predicted octanol–water partition coefficient (Wildman–Crippen LogP) is 4.91. The zero-order valence-corrected chi connectivity index (χ0v) is 12.8. The van der Waals surface area contributed by atoms with E-state index in [0.717, 1.165) is 18.7 Å². The van der Waals surface area contributed by atoms with Crippen molar-refractivity contribution >= 4 is 28.1 Å². The summed E-state index contributed by atoms with van der Waals surface area (Å²) in [6, 6.07) is 20.4. The number of fused-ring (bicyclic) bond motifs is 3. The Labute approximate surface area is 134 Å². The Morgan fingerprint density at radius 2 is 1.77 bits per heavy atom. The standard InChI is InChI=1S/C19H16ClNO/c20-17-7-3-4-8-18(17)22-15-11-14-10-9-13-5-1-2-6-16(13)19(14)21-12-15/h1-10,15,21H,11-12H2. The number of rotatable bonds is 2. The summed E-state index contributed by atoms with van der Waals surface area (Å²) < 4.78 is 6.06. The third-order valence-corrected chi connectivity index (χ3v) is 4.41. The molecule has 0 radical (unpaired) electrons. The fourth-order valence-corrected chi connectivity index (χ4v) is 3.21. The first-order valence-electron chi connectivity index (χ1n) is 7.47. The number of para-hydroxylation sites is 1. The van der Waals surface area contributed by atoms with Crippen LogP contribution in [0.4, 0.5) is 5.69 Å². The number of benzene rings is 3. The Bertz CT molecular complexity index is 831. The number of anilines is 1. The van der Waals surface area contributed by atoms with E-state index in [0.29, 0.717) is 5.02 Å². The third kappa shape index (κ3) is 2.40. The van der Waals surface area contributed by atoms with Gasteiger partial charge in [-0.2, -0.15) is 0 Å². The van der Waals surface area contributed by atoms with Crippen LogP contribution in [0, 0.1) is 0 Å². The predicted molar refractivity (Wildman–Crippen MR) is 92.0 cm³/mol. The summed E-state index contributed by atoms with van der Waals surface area (Å²) in [5.74, 6) is 0.750. The molecule has 3 aromatic carbocycles. The molecule has 3 heteroatoms. The van der Waals surface area contributed by atoms with Crippen LogP contribution >= 0.6 is 11.6 Å². The van der Waals surface area contributed by atoms with Gasteiger partial charge in [0.05, 0.1) is 11.6 Å². The zero-order chi connectivity index (χ0) is 14.9. The van der Waals surface area contributed by atoms with E-state index in [1.807, 2.05) is 24.3 Å². The highest BCUT2D eigenvalue weighted by molar-refractivity contribution is 6.32. The monoisotopic (exact) mass is 309 g/mol. The highest BCUT2D eigenvalue weighted by Crippen LogP contribution is 2.33. The molecule has 0 bridgehead atoms. The molecule has 2 nitrogen and oxygen atoms in total. The first-order chi connectivity index (χ1) is 10.8. The molecule has 22 heavy (non-hydrogen) atoms. The summed E-state index contributed by atoms with van der Waals surface area (Å²) in [5.41, 5.74) is 2.53. The van der Waals surface area contributed by atoms with Crippen LogP contribution in [0.5, 0.6) is 5.75 Å². The highest BCUT2D eigenvalue weighted by Gasteiger charge is 2.21. The largest absolute Gasteiger partial charge is 0.487 e.